The van der Waals surface area contributed by atoms with Crippen LogP contribution in [0.4, 0.5) is 5.95 Å². The molecule has 8 heteroatoms. The number of nitrogens with one attached hydrogen (secondary N) is 1. The number of fused-ring (bicyclic) bond motifs is 2. The first-order valence-electron chi connectivity index (χ1n) is 9.12. The van der Waals surface area contributed by atoms with E-state index in [0.717, 1.165) is 18.4 Å². The molecule has 0 amide bonds. The number of aliphatic hydroxyl groups excluding tert-OH is 1. The Hall–Kier alpha value is -3.00. The fourth-order valence-electron chi connectivity index (χ4n) is 3.62. The molecule has 1 aromatic carbocycles. The molecule has 140 valence electrons. The largest absolute Gasteiger partial charge is 0.400 e. The Bertz CT molecular complexity index is 1060. The number of rotatable bonds is 3. The van der Waals surface area contributed by atoms with Crippen LogP contribution >= 0.6 is 0 Å². The Morgan fingerprint density at radius 3 is 2.70 bits per heavy atom. The standard InChI is InChI=1S/C18H19N7.CH4O/c1-24-10-12-6-7-15(8-13(12)11-24)25-17-16(22-23-25)9-19-18(21-17)20-14-4-2-3-5-14;1-2/h6-11,14H,2-5H2,1H3,(H,19,20,21);2H,1H3. The van der Waals surface area contributed by atoms with Gasteiger partial charge in [0.15, 0.2) is 11.2 Å². The molecule has 4 aromatic rings. The van der Waals surface area contributed by atoms with Crippen molar-refractivity contribution in [1.82, 2.24) is 29.5 Å². The van der Waals surface area contributed by atoms with Crippen LogP contribution in [0.3, 0.4) is 0 Å². The van der Waals surface area contributed by atoms with E-state index in [9.17, 15) is 0 Å². The summed E-state index contributed by atoms with van der Waals surface area (Å²) in [4.78, 5) is 9.06. The minimum absolute atomic E-state index is 0.474. The van der Waals surface area contributed by atoms with Crippen LogP contribution in [0.1, 0.15) is 25.7 Å². The maximum absolute atomic E-state index is 7.00. The van der Waals surface area contributed by atoms with Crippen LogP contribution in [0.5, 0.6) is 0 Å². The number of benzene rings is 1. The molecule has 0 radical (unpaired) electrons. The van der Waals surface area contributed by atoms with Gasteiger partial charge in [0, 0.05) is 38.0 Å². The van der Waals surface area contributed by atoms with Gasteiger partial charge in [-0.05, 0) is 30.4 Å². The van der Waals surface area contributed by atoms with Gasteiger partial charge in [0.25, 0.3) is 0 Å². The first-order valence-corrected chi connectivity index (χ1v) is 9.12. The lowest BCUT2D eigenvalue weighted by molar-refractivity contribution is 0.399. The molecule has 0 saturated heterocycles. The second kappa shape index (κ2) is 7.32. The third kappa shape index (κ3) is 3.35. The van der Waals surface area contributed by atoms with E-state index < -0.39 is 0 Å². The Labute approximate surface area is 156 Å². The van der Waals surface area contributed by atoms with Crippen molar-refractivity contribution in [2.45, 2.75) is 31.7 Å². The molecule has 0 aliphatic heterocycles. The lowest BCUT2D eigenvalue weighted by Crippen LogP contribution is -2.16. The summed E-state index contributed by atoms with van der Waals surface area (Å²) in [6.07, 6.45) is 10.9. The van der Waals surface area contributed by atoms with E-state index in [1.165, 1.54) is 36.5 Å². The SMILES string of the molecule is CO.Cn1cc2ccc(-n3nnc4cnc(NC5CCCC5)nc43)cc2c1. The van der Waals surface area contributed by atoms with Gasteiger partial charge in [-0.3, -0.25) is 0 Å². The monoisotopic (exact) mass is 365 g/mol. The zero-order chi connectivity index (χ0) is 18.8. The molecular formula is C19H23N7O. The summed E-state index contributed by atoms with van der Waals surface area (Å²) >= 11 is 0. The van der Waals surface area contributed by atoms with Gasteiger partial charge in [0.1, 0.15) is 0 Å². The van der Waals surface area contributed by atoms with Crippen molar-refractivity contribution < 1.29 is 5.11 Å². The number of hydrogen-bond donors (Lipinski definition) is 2. The third-order valence-electron chi connectivity index (χ3n) is 4.88. The van der Waals surface area contributed by atoms with Crippen LogP contribution in [-0.2, 0) is 7.05 Å². The number of nitrogens with zero attached hydrogens (tertiary/aromatic N) is 6. The van der Waals surface area contributed by atoms with Crippen LogP contribution in [0.15, 0.2) is 36.8 Å². The molecule has 2 N–H and O–H groups in total. The normalized spacial score (nSPS) is 14.5. The van der Waals surface area contributed by atoms with Gasteiger partial charge in [0.05, 0.1) is 11.9 Å². The molecule has 3 heterocycles. The van der Waals surface area contributed by atoms with Crippen molar-refractivity contribution in [2.24, 2.45) is 7.05 Å². The topological polar surface area (TPSA) is 93.7 Å². The summed E-state index contributed by atoms with van der Waals surface area (Å²) in [5.41, 5.74) is 2.38. The third-order valence-corrected chi connectivity index (χ3v) is 4.88. The second-order valence-corrected chi connectivity index (χ2v) is 6.77. The number of aliphatic hydroxyl groups is 1. The molecular weight excluding hydrogens is 342 g/mol. The zero-order valence-electron chi connectivity index (χ0n) is 15.5. The van der Waals surface area contributed by atoms with Crippen molar-refractivity contribution in [2.75, 3.05) is 12.4 Å². The van der Waals surface area contributed by atoms with E-state index in [-0.39, 0.29) is 0 Å². The lowest BCUT2D eigenvalue weighted by atomic mass is 10.2. The Kier molecular flexibility index (Phi) is 4.72. The van der Waals surface area contributed by atoms with Gasteiger partial charge in [-0.25, -0.2) is 4.98 Å². The quantitative estimate of drug-likeness (QED) is 0.580. The van der Waals surface area contributed by atoms with E-state index in [0.29, 0.717) is 17.5 Å². The summed E-state index contributed by atoms with van der Waals surface area (Å²) < 4.78 is 3.84. The molecule has 1 saturated carbocycles. The van der Waals surface area contributed by atoms with Gasteiger partial charge in [-0.15, -0.1) is 5.10 Å². The van der Waals surface area contributed by atoms with Crippen molar-refractivity contribution in [3.63, 3.8) is 0 Å². The van der Waals surface area contributed by atoms with E-state index in [4.69, 9.17) is 5.11 Å². The first kappa shape index (κ1) is 17.4. The van der Waals surface area contributed by atoms with Crippen LogP contribution in [0.2, 0.25) is 0 Å². The maximum Gasteiger partial charge on any atom is 0.225 e. The number of hydrogen-bond acceptors (Lipinski definition) is 6. The Balaban J connectivity index is 0.000000872. The molecule has 8 nitrogen and oxygen atoms in total. The highest BCUT2D eigenvalue weighted by Crippen LogP contribution is 2.23. The van der Waals surface area contributed by atoms with Crippen LogP contribution in [0.25, 0.3) is 27.6 Å². The predicted octanol–water partition coefficient (Wildman–Crippen LogP) is 2.67. The van der Waals surface area contributed by atoms with Crippen LogP contribution < -0.4 is 5.32 Å². The smallest absolute Gasteiger partial charge is 0.225 e. The summed E-state index contributed by atoms with van der Waals surface area (Å²) in [6.45, 7) is 0. The molecule has 0 unspecified atom stereocenters. The van der Waals surface area contributed by atoms with E-state index >= 15 is 0 Å². The number of aromatic nitrogens is 6. The number of anilines is 1. The van der Waals surface area contributed by atoms with Gasteiger partial charge < -0.3 is 15.0 Å². The minimum atomic E-state index is 0.474. The Morgan fingerprint density at radius 1 is 1.11 bits per heavy atom. The fourth-order valence-corrected chi connectivity index (χ4v) is 3.62. The highest BCUT2D eigenvalue weighted by molar-refractivity contribution is 5.85. The molecule has 1 aliphatic carbocycles. The zero-order valence-corrected chi connectivity index (χ0v) is 15.5. The Morgan fingerprint density at radius 2 is 1.89 bits per heavy atom. The van der Waals surface area contributed by atoms with E-state index in [1.54, 1.807) is 10.9 Å². The molecule has 1 fully saturated rings. The first-order chi connectivity index (χ1) is 13.3. The van der Waals surface area contributed by atoms with Crippen molar-refractivity contribution in [1.29, 1.82) is 0 Å². The van der Waals surface area contributed by atoms with Gasteiger partial charge in [0.2, 0.25) is 5.95 Å². The summed E-state index contributed by atoms with van der Waals surface area (Å²) in [7, 11) is 3.03. The van der Waals surface area contributed by atoms with Gasteiger partial charge in [-0.2, -0.15) is 9.67 Å². The molecule has 0 spiro atoms. The molecule has 27 heavy (non-hydrogen) atoms. The summed E-state index contributed by atoms with van der Waals surface area (Å²) in [5.74, 6) is 0.656. The van der Waals surface area contributed by atoms with Gasteiger partial charge >= 0.3 is 0 Å². The average Bonchev–Trinajstić information content (AvgIpc) is 3.41. The average molecular weight is 365 g/mol. The predicted molar refractivity (Wildman–Crippen MR) is 105 cm³/mol. The minimum Gasteiger partial charge on any atom is -0.400 e. The van der Waals surface area contributed by atoms with Crippen molar-refractivity contribution in [3.05, 3.63) is 36.8 Å². The summed E-state index contributed by atoms with van der Waals surface area (Å²) in [6, 6.07) is 6.72. The molecule has 1 aliphatic rings. The fraction of sp³-hybridized carbons (Fsp3) is 0.368. The summed E-state index contributed by atoms with van der Waals surface area (Å²) in [5, 5.41) is 21.3. The second-order valence-electron chi connectivity index (χ2n) is 6.77. The van der Waals surface area contributed by atoms with Crippen LogP contribution in [0, 0.1) is 0 Å². The highest BCUT2D eigenvalue weighted by atomic mass is 16.2. The molecule has 3 aromatic heterocycles. The molecule has 0 atom stereocenters. The molecule has 5 rings (SSSR count). The van der Waals surface area contributed by atoms with E-state index in [1.807, 2.05) is 13.1 Å². The molecule has 0 bridgehead atoms. The van der Waals surface area contributed by atoms with Crippen LogP contribution in [-0.4, -0.2) is 47.8 Å². The number of aryl methyl sites for hydroxylation is 1. The van der Waals surface area contributed by atoms with Crippen molar-refractivity contribution >= 4 is 27.9 Å². The lowest BCUT2D eigenvalue weighted by Gasteiger charge is -2.11. The maximum atomic E-state index is 7.00. The highest BCUT2D eigenvalue weighted by Gasteiger charge is 2.17. The van der Waals surface area contributed by atoms with Crippen molar-refractivity contribution in [3.8, 4) is 5.69 Å². The van der Waals surface area contributed by atoms with Gasteiger partial charge in [-0.1, -0.05) is 24.1 Å². The van der Waals surface area contributed by atoms with E-state index in [2.05, 4.69) is 54.7 Å².